The zero-order chi connectivity index (χ0) is 31.2. The SMILES string of the molecule is Cc1nc(C)c(C(OC(C)(C)C)C(=O)O)c(N2CCC3(CCC3)CC2)c1-c1ccc2c(c1)CCN(Cc1ccccc1F)C2. The number of piperidine rings is 1. The molecule has 1 N–H and O–H groups in total. The summed E-state index contributed by atoms with van der Waals surface area (Å²) in [5, 5.41) is 10.5. The normalized spacial score (nSPS) is 19.0. The Hall–Kier alpha value is -3.29. The fraction of sp³-hybridized carbons (Fsp3) is 0.514. The molecule has 6 rings (SSSR count). The monoisotopic (exact) mass is 599 g/mol. The highest BCUT2D eigenvalue weighted by Crippen LogP contribution is 2.51. The molecule has 1 atom stereocenters. The molecule has 3 aliphatic rings. The molecule has 1 spiro atoms. The van der Waals surface area contributed by atoms with Crippen LogP contribution in [-0.4, -0.2) is 46.2 Å². The lowest BCUT2D eigenvalue weighted by Crippen LogP contribution is -2.44. The summed E-state index contributed by atoms with van der Waals surface area (Å²) in [7, 11) is 0. The Morgan fingerprint density at radius 1 is 1.02 bits per heavy atom. The lowest BCUT2D eigenvalue weighted by molar-refractivity contribution is -0.160. The standard InChI is InChI=1S/C37H46FN3O3/c1-24-31(27-11-12-28-22-40(18-13-26(28)21-27)23-29-9-6-7-10-30(29)38)33(41-19-16-37(17-20-41)14-8-15-37)32(25(2)39-24)34(35(42)43)44-36(3,4)5/h6-7,9-12,21,34H,8,13-20,22-23H2,1-5H3,(H,42,43). The molecule has 7 heteroatoms. The Morgan fingerprint density at radius 3 is 2.39 bits per heavy atom. The van der Waals surface area contributed by atoms with Crippen LogP contribution in [0.3, 0.4) is 0 Å². The van der Waals surface area contributed by atoms with Crippen molar-refractivity contribution < 1.29 is 19.0 Å². The van der Waals surface area contributed by atoms with E-state index in [1.807, 2.05) is 46.8 Å². The molecule has 1 aliphatic carbocycles. The molecule has 44 heavy (non-hydrogen) atoms. The number of carbonyl (C=O) groups is 1. The van der Waals surface area contributed by atoms with Gasteiger partial charge in [0, 0.05) is 60.8 Å². The molecule has 3 aromatic rings. The van der Waals surface area contributed by atoms with Gasteiger partial charge in [0.2, 0.25) is 0 Å². The number of hydrogen-bond acceptors (Lipinski definition) is 5. The molecule has 2 aliphatic heterocycles. The van der Waals surface area contributed by atoms with Gasteiger partial charge in [-0.15, -0.1) is 0 Å². The third-order valence-corrected chi connectivity index (χ3v) is 10.0. The van der Waals surface area contributed by atoms with Gasteiger partial charge in [0.15, 0.2) is 6.10 Å². The highest BCUT2D eigenvalue weighted by Gasteiger charge is 2.42. The number of pyridine rings is 1. The van der Waals surface area contributed by atoms with Crippen LogP contribution in [0.4, 0.5) is 10.1 Å². The number of halogens is 1. The molecule has 6 nitrogen and oxygen atoms in total. The van der Waals surface area contributed by atoms with Gasteiger partial charge in [-0.05, 0) is 94.9 Å². The number of nitrogens with zero attached hydrogens (tertiary/aromatic N) is 3. The van der Waals surface area contributed by atoms with Crippen LogP contribution in [0.25, 0.3) is 11.1 Å². The molecule has 0 bridgehead atoms. The number of carboxylic acid groups (broad SMARTS) is 1. The maximum absolute atomic E-state index is 14.4. The molecule has 2 aromatic carbocycles. The first-order valence-electron chi connectivity index (χ1n) is 16.2. The summed E-state index contributed by atoms with van der Waals surface area (Å²) in [5.74, 6) is -1.15. The Balaban J connectivity index is 1.40. The summed E-state index contributed by atoms with van der Waals surface area (Å²) >= 11 is 0. The van der Waals surface area contributed by atoms with Gasteiger partial charge in [-0.25, -0.2) is 9.18 Å². The highest BCUT2D eigenvalue weighted by atomic mass is 19.1. The van der Waals surface area contributed by atoms with Crippen LogP contribution in [0, 0.1) is 25.1 Å². The van der Waals surface area contributed by atoms with Crippen LogP contribution in [0.2, 0.25) is 0 Å². The lowest BCUT2D eigenvalue weighted by Gasteiger charge is -2.49. The van der Waals surface area contributed by atoms with Gasteiger partial charge < -0.3 is 14.7 Å². The second kappa shape index (κ2) is 11.9. The maximum atomic E-state index is 14.4. The quantitative estimate of drug-likeness (QED) is 0.299. The molecule has 1 aromatic heterocycles. The van der Waals surface area contributed by atoms with Crippen LogP contribution in [0.5, 0.6) is 0 Å². The van der Waals surface area contributed by atoms with E-state index in [-0.39, 0.29) is 5.82 Å². The van der Waals surface area contributed by atoms with E-state index in [2.05, 4.69) is 28.0 Å². The van der Waals surface area contributed by atoms with Crippen LogP contribution in [0.15, 0.2) is 42.5 Å². The number of hydrogen-bond donors (Lipinski definition) is 1. The molecule has 0 amide bonds. The van der Waals surface area contributed by atoms with E-state index in [1.165, 1.54) is 36.5 Å². The van der Waals surface area contributed by atoms with Crippen molar-refractivity contribution in [3.63, 3.8) is 0 Å². The summed E-state index contributed by atoms with van der Waals surface area (Å²) < 4.78 is 20.6. The van der Waals surface area contributed by atoms with Gasteiger partial charge in [-0.3, -0.25) is 9.88 Å². The first kappa shape index (κ1) is 30.7. The summed E-state index contributed by atoms with van der Waals surface area (Å²) in [6.07, 6.45) is 5.93. The van der Waals surface area contributed by atoms with Gasteiger partial charge >= 0.3 is 5.97 Å². The van der Waals surface area contributed by atoms with E-state index < -0.39 is 17.7 Å². The van der Waals surface area contributed by atoms with Gasteiger partial charge in [0.25, 0.3) is 0 Å². The van der Waals surface area contributed by atoms with E-state index in [0.717, 1.165) is 73.5 Å². The molecular formula is C37H46FN3O3. The third-order valence-electron chi connectivity index (χ3n) is 10.0. The van der Waals surface area contributed by atoms with Crippen molar-refractivity contribution in [2.45, 2.75) is 97.9 Å². The maximum Gasteiger partial charge on any atom is 0.337 e. The molecule has 2 fully saturated rings. The van der Waals surface area contributed by atoms with Crippen LogP contribution in [-0.2, 0) is 29.0 Å². The van der Waals surface area contributed by atoms with Crippen molar-refractivity contribution in [1.29, 1.82) is 0 Å². The fourth-order valence-corrected chi connectivity index (χ4v) is 7.57. The van der Waals surface area contributed by atoms with Gasteiger partial charge in [0.1, 0.15) is 5.82 Å². The second-order valence-electron chi connectivity index (χ2n) is 14.2. The molecular weight excluding hydrogens is 553 g/mol. The molecule has 1 saturated carbocycles. The van der Waals surface area contributed by atoms with Crippen molar-refractivity contribution in [2.75, 3.05) is 24.5 Å². The zero-order valence-corrected chi connectivity index (χ0v) is 26.9. The van der Waals surface area contributed by atoms with Crippen LogP contribution >= 0.6 is 0 Å². The minimum Gasteiger partial charge on any atom is -0.479 e. The first-order valence-corrected chi connectivity index (χ1v) is 16.2. The number of carboxylic acids is 1. The molecule has 1 saturated heterocycles. The average Bonchev–Trinajstić information content (AvgIpc) is 2.95. The second-order valence-corrected chi connectivity index (χ2v) is 14.2. The van der Waals surface area contributed by atoms with Crippen molar-refractivity contribution in [2.24, 2.45) is 5.41 Å². The smallest absolute Gasteiger partial charge is 0.337 e. The van der Waals surface area contributed by atoms with Crippen molar-refractivity contribution in [3.8, 4) is 11.1 Å². The summed E-state index contributed by atoms with van der Waals surface area (Å²) in [6, 6.07) is 13.6. The molecule has 3 heterocycles. The minimum absolute atomic E-state index is 0.157. The van der Waals surface area contributed by atoms with Crippen LogP contribution in [0.1, 0.15) is 92.6 Å². The van der Waals surface area contributed by atoms with E-state index in [4.69, 9.17) is 9.72 Å². The summed E-state index contributed by atoms with van der Waals surface area (Å²) in [6.45, 7) is 13.7. The summed E-state index contributed by atoms with van der Waals surface area (Å²) in [5.41, 5.74) is 8.41. The predicted octanol–water partition coefficient (Wildman–Crippen LogP) is 7.77. The third kappa shape index (κ3) is 6.14. The number of anilines is 1. The largest absolute Gasteiger partial charge is 0.479 e. The lowest BCUT2D eigenvalue weighted by atomic mass is 9.63. The Kier molecular flexibility index (Phi) is 8.31. The number of ether oxygens (including phenoxy) is 1. The van der Waals surface area contributed by atoms with E-state index in [9.17, 15) is 14.3 Å². The number of rotatable bonds is 7. The van der Waals surface area contributed by atoms with Gasteiger partial charge in [0.05, 0.1) is 11.3 Å². The van der Waals surface area contributed by atoms with Gasteiger partial charge in [-0.1, -0.05) is 42.8 Å². The Bertz CT molecular complexity index is 1550. The van der Waals surface area contributed by atoms with E-state index in [1.54, 1.807) is 6.07 Å². The summed E-state index contributed by atoms with van der Waals surface area (Å²) in [4.78, 5) is 22.5. The topological polar surface area (TPSA) is 65.9 Å². The number of fused-ring (bicyclic) bond motifs is 1. The molecule has 0 radical (unpaired) electrons. The number of aliphatic carboxylic acids is 1. The Labute approximate surface area is 261 Å². The fourth-order valence-electron chi connectivity index (χ4n) is 7.57. The Morgan fingerprint density at radius 2 is 1.75 bits per heavy atom. The number of aryl methyl sites for hydroxylation is 2. The highest BCUT2D eigenvalue weighted by molar-refractivity contribution is 5.88. The van der Waals surface area contributed by atoms with Gasteiger partial charge in [-0.2, -0.15) is 0 Å². The van der Waals surface area contributed by atoms with Crippen LogP contribution < -0.4 is 4.90 Å². The molecule has 234 valence electrons. The average molecular weight is 600 g/mol. The van der Waals surface area contributed by atoms with Crippen molar-refractivity contribution in [3.05, 3.63) is 81.9 Å². The predicted molar refractivity (Wildman–Crippen MR) is 172 cm³/mol. The number of benzene rings is 2. The molecule has 1 unspecified atom stereocenters. The minimum atomic E-state index is -1.12. The van der Waals surface area contributed by atoms with Crippen molar-refractivity contribution in [1.82, 2.24) is 9.88 Å². The first-order chi connectivity index (χ1) is 20.9. The zero-order valence-electron chi connectivity index (χ0n) is 26.9. The number of aromatic nitrogens is 1. The van der Waals surface area contributed by atoms with E-state index in [0.29, 0.717) is 23.2 Å². The van der Waals surface area contributed by atoms with E-state index >= 15 is 0 Å². The van der Waals surface area contributed by atoms with Crippen molar-refractivity contribution >= 4 is 11.7 Å².